The number of benzene rings is 4. The van der Waals surface area contributed by atoms with Gasteiger partial charge >= 0.3 is 45.4 Å². The number of hydrogen-bond donors (Lipinski definition) is 2. The number of carbonyl (C=O) groups excluding carboxylic acids is 2. The first-order chi connectivity index (χ1) is 27.1. The van der Waals surface area contributed by atoms with Gasteiger partial charge in [0.15, 0.2) is 12.8 Å². The molecule has 0 spiro atoms. The number of nitrogens with one attached hydrogen (secondary N) is 2. The van der Waals surface area contributed by atoms with Crippen molar-refractivity contribution in [2.24, 2.45) is 0 Å². The van der Waals surface area contributed by atoms with E-state index in [0.717, 1.165) is 7.55 Å². The Kier molecular flexibility index (Phi) is 21.0. The molecule has 0 heterocycles. The van der Waals surface area contributed by atoms with Crippen LogP contribution in [0.2, 0.25) is 0 Å². The molecule has 0 aliphatic heterocycles. The van der Waals surface area contributed by atoms with E-state index in [9.17, 15) is 9.59 Å². The van der Waals surface area contributed by atoms with Gasteiger partial charge in [-0.15, -0.1) is 69.1 Å². The van der Waals surface area contributed by atoms with Crippen molar-refractivity contribution in [1.29, 1.82) is 0 Å². The predicted molar refractivity (Wildman–Crippen MR) is 241 cm³/mol. The molecule has 6 rings (SSSR count). The molecule has 293 valence electrons. The summed E-state index contributed by atoms with van der Waals surface area (Å²) in [6, 6.07) is 40.8. The molecule has 8 heteroatoms. The fraction of sp³-hybridized carbons (Fsp3) is 0.333. The summed E-state index contributed by atoms with van der Waals surface area (Å²) < 4.78 is 0. The van der Waals surface area contributed by atoms with Crippen LogP contribution in [0.15, 0.2) is 109 Å². The number of fused-ring (bicyclic) bond motifs is 2. The van der Waals surface area contributed by atoms with Crippen molar-refractivity contribution in [2.45, 2.75) is 105 Å². The molecule has 0 saturated heterocycles. The summed E-state index contributed by atoms with van der Waals surface area (Å²) in [5.74, 6) is 2.43. The number of rotatable bonds is 14. The molecular weight excluding hydrogens is 809 g/mol. The maximum absolute atomic E-state index is 9.38. The van der Waals surface area contributed by atoms with Crippen LogP contribution in [0.4, 0.5) is 0 Å². The zero-order chi connectivity index (χ0) is 41.0. The first-order valence-corrected chi connectivity index (χ1v) is 26.2. The molecule has 0 aliphatic rings. The molecule has 2 amide bonds. The van der Waals surface area contributed by atoms with E-state index in [4.69, 9.17) is 17.0 Å². The minimum atomic E-state index is -0.826. The van der Waals surface area contributed by atoms with Crippen molar-refractivity contribution in [3.05, 3.63) is 131 Å². The van der Waals surface area contributed by atoms with E-state index in [1.165, 1.54) is 91.7 Å². The van der Waals surface area contributed by atoms with Gasteiger partial charge < -0.3 is 10.5 Å². The quantitative estimate of drug-likeness (QED) is 0.0496. The van der Waals surface area contributed by atoms with Crippen LogP contribution in [0.3, 0.4) is 0 Å². The Hall–Kier alpha value is -3.43. The third-order valence-electron chi connectivity index (χ3n) is 11.0. The first-order valence-electron chi connectivity index (χ1n) is 19.9. The van der Waals surface area contributed by atoms with Gasteiger partial charge in [0.1, 0.15) is 0 Å². The zero-order valence-corrected chi connectivity index (χ0v) is 38.3. The molecule has 6 aromatic rings. The van der Waals surface area contributed by atoms with E-state index in [0.29, 0.717) is 36.5 Å². The molecule has 4 atom stereocenters. The van der Waals surface area contributed by atoms with Crippen molar-refractivity contribution in [2.75, 3.05) is 0 Å². The van der Waals surface area contributed by atoms with Crippen LogP contribution in [0.25, 0.3) is 43.8 Å². The third kappa shape index (κ3) is 12.8. The van der Waals surface area contributed by atoms with Gasteiger partial charge in [0.05, 0.1) is 0 Å². The van der Waals surface area contributed by atoms with E-state index >= 15 is 0 Å². The molecule has 0 aromatic heterocycles. The fourth-order valence-electron chi connectivity index (χ4n) is 6.93. The molecule has 0 fully saturated rings. The van der Waals surface area contributed by atoms with E-state index in [2.05, 4.69) is 175 Å². The molecule has 4 unspecified atom stereocenters. The van der Waals surface area contributed by atoms with E-state index in [1.807, 2.05) is 0 Å². The molecule has 0 bridgehead atoms. The summed E-state index contributed by atoms with van der Waals surface area (Å²) in [6.07, 6.45) is 5.63. The van der Waals surface area contributed by atoms with E-state index in [1.54, 1.807) is 0 Å². The summed E-state index contributed by atoms with van der Waals surface area (Å²) >= 11 is -0.826. The third-order valence-corrected chi connectivity index (χ3v) is 11.0. The van der Waals surface area contributed by atoms with Gasteiger partial charge in [-0.05, 0) is 58.8 Å². The van der Waals surface area contributed by atoms with Gasteiger partial charge in [-0.3, -0.25) is 9.59 Å². The Morgan fingerprint density at radius 3 is 1.23 bits per heavy atom. The maximum atomic E-state index is 9.38. The van der Waals surface area contributed by atoms with Crippen LogP contribution < -0.4 is 10.5 Å². The van der Waals surface area contributed by atoms with Crippen LogP contribution in [-0.2, 0) is 30.4 Å². The van der Waals surface area contributed by atoms with Crippen molar-refractivity contribution >= 4 is 58.9 Å². The minimum absolute atomic E-state index is 0.455. The average molecular weight is 868 g/mol. The summed E-state index contributed by atoms with van der Waals surface area (Å²) in [6.45, 7) is 18.4. The zero-order valence-electron chi connectivity index (χ0n) is 34.3. The van der Waals surface area contributed by atoms with Crippen molar-refractivity contribution in [3.63, 3.8) is 0 Å². The summed E-state index contributed by atoms with van der Waals surface area (Å²) in [5.41, 5.74) is 11.4. The first kappa shape index (κ1) is 46.9. The van der Waals surface area contributed by atoms with Crippen LogP contribution in [0, 0.1) is 0 Å². The number of halogens is 2. The Bertz CT molecular complexity index is 1930. The van der Waals surface area contributed by atoms with Gasteiger partial charge in [-0.2, -0.15) is 12.1 Å². The Labute approximate surface area is 355 Å². The molecule has 6 aromatic carbocycles. The molecule has 0 saturated carbocycles. The van der Waals surface area contributed by atoms with Crippen molar-refractivity contribution in [3.8, 4) is 22.3 Å². The molecule has 0 aliphatic carbocycles. The molecule has 56 heavy (non-hydrogen) atoms. The van der Waals surface area contributed by atoms with E-state index < -0.39 is 20.8 Å². The molecular formula is C48H58BCl2N2O2Zr. The Morgan fingerprint density at radius 2 is 0.893 bits per heavy atom. The predicted octanol–water partition coefficient (Wildman–Crippen LogP) is 13.9. The summed E-state index contributed by atoms with van der Waals surface area (Å²) in [5, 5.41) is 9.75. The Morgan fingerprint density at radius 1 is 0.554 bits per heavy atom. The van der Waals surface area contributed by atoms with Crippen LogP contribution in [0.5, 0.6) is 0 Å². The summed E-state index contributed by atoms with van der Waals surface area (Å²) in [7, 11) is 11.0. The van der Waals surface area contributed by atoms with E-state index in [-0.39, 0.29) is 0 Å². The molecule has 4 nitrogen and oxygen atoms in total. The molecule has 1 radical (unpaired) electrons. The fourth-order valence-corrected chi connectivity index (χ4v) is 6.93. The number of amides is 2. The van der Waals surface area contributed by atoms with Gasteiger partial charge in [-0.25, -0.2) is 0 Å². The van der Waals surface area contributed by atoms with Gasteiger partial charge in [0.25, 0.3) is 0 Å². The summed E-state index contributed by atoms with van der Waals surface area (Å²) in [4.78, 5) is 18.8. The normalized spacial score (nSPS) is 12.5. The SMILES string of the molecule is CCC(C)c1cc2c(-c3ccccc3C(C)CC)cccc2[cH-]1.CCC(C)c1cc2c(-c3ccccc3C(C)CC)cccc2[cH-]1.O=CN[B]NC=O.[Cl][Zr+2][Cl]. The second-order valence-corrected chi connectivity index (χ2v) is 18.1. The second kappa shape index (κ2) is 25.0. The van der Waals surface area contributed by atoms with Crippen molar-refractivity contribution < 1.29 is 30.4 Å². The van der Waals surface area contributed by atoms with Gasteiger partial charge in [-0.1, -0.05) is 140 Å². The van der Waals surface area contributed by atoms with Crippen molar-refractivity contribution in [1.82, 2.24) is 10.5 Å². The number of hydrogen-bond acceptors (Lipinski definition) is 2. The van der Waals surface area contributed by atoms with Crippen LogP contribution in [0.1, 0.15) is 127 Å². The standard InChI is InChI=1S/2C23H27.C2H4BN2O2.2ClH.Zr/c2*1-5-16(3)19-14-18-10-9-13-22(23(18)15-19)21-12-8-7-11-20(21)17(4)6-2;6-1-4-3-5-2-7;;;/h2*7-17H,5-6H2,1-4H3;1-2H,(H,4,6)(H,5,7);2*1H;/q2*-1;;;;+4/p-2. The van der Waals surface area contributed by atoms with Gasteiger partial charge in [0, 0.05) is 0 Å². The average Bonchev–Trinajstić information content (AvgIpc) is 3.89. The monoisotopic (exact) mass is 865 g/mol. The van der Waals surface area contributed by atoms with Crippen LogP contribution in [-0.4, -0.2) is 20.4 Å². The second-order valence-electron chi connectivity index (χ2n) is 14.4. The topological polar surface area (TPSA) is 58.2 Å². The van der Waals surface area contributed by atoms with Crippen LogP contribution >= 0.6 is 17.0 Å². The van der Waals surface area contributed by atoms with Gasteiger partial charge in [0.2, 0.25) is 0 Å². The number of carbonyl (C=O) groups is 2. The Balaban J connectivity index is 0.000000243. The molecule has 2 N–H and O–H groups in total.